The molecule has 0 unspecified atom stereocenters. The molecular formula is C20H15N5O4S. The molecule has 0 radical (unpaired) electrons. The van der Waals surface area contributed by atoms with Gasteiger partial charge in [-0.05, 0) is 35.2 Å². The highest BCUT2D eigenvalue weighted by Gasteiger charge is 2.17. The number of anilines is 1. The van der Waals surface area contributed by atoms with Crippen LogP contribution < -0.4 is 5.32 Å². The average Bonchev–Trinajstić information content (AvgIpc) is 3.52. The zero-order chi connectivity index (χ0) is 20.9. The fourth-order valence-electron chi connectivity index (χ4n) is 2.65. The fraction of sp³-hybridized carbons (Fsp3) is 0.0500. The summed E-state index contributed by atoms with van der Waals surface area (Å²) in [6, 6.07) is 13.3. The maximum absolute atomic E-state index is 12.8. The summed E-state index contributed by atoms with van der Waals surface area (Å²) >= 11 is 1.58. The number of non-ortho nitro benzene ring substituents is 1. The summed E-state index contributed by atoms with van der Waals surface area (Å²) in [7, 11) is 0. The Morgan fingerprint density at radius 2 is 2.17 bits per heavy atom. The van der Waals surface area contributed by atoms with Crippen molar-refractivity contribution < 1.29 is 14.1 Å². The Balaban J connectivity index is 1.60. The normalized spacial score (nSPS) is 11.1. The molecule has 3 aromatic heterocycles. The lowest BCUT2D eigenvalue weighted by Gasteiger charge is -2.04. The monoisotopic (exact) mass is 421 g/mol. The third-order valence-electron chi connectivity index (χ3n) is 4.06. The van der Waals surface area contributed by atoms with Crippen LogP contribution in [0.25, 0.3) is 17.7 Å². The van der Waals surface area contributed by atoms with E-state index in [1.54, 1.807) is 35.6 Å². The van der Waals surface area contributed by atoms with Gasteiger partial charge in [0.2, 0.25) is 11.8 Å². The van der Waals surface area contributed by atoms with Crippen molar-refractivity contribution in [3.05, 3.63) is 86.8 Å². The molecule has 0 saturated carbocycles. The van der Waals surface area contributed by atoms with Crippen LogP contribution >= 0.6 is 11.3 Å². The average molecular weight is 421 g/mol. The predicted octanol–water partition coefficient (Wildman–Crippen LogP) is 4.47. The number of nitrogens with one attached hydrogen (secondary N) is 1. The van der Waals surface area contributed by atoms with Gasteiger partial charge in [-0.2, -0.15) is 9.67 Å². The molecule has 0 fully saturated rings. The van der Waals surface area contributed by atoms with Crippen LogP contribution in [0.15, 0.2) is 70.7 Å². The molecule has 0 bridgehead atoms. The Morgan fingerprint density at radius 3 is 2.90 bits per heavy atom. The van der Waals surface area contributed by atoms with Crippen molar-refractivity contribution in [2.75, 3.05) is 5.32 Å². The van der Waals surface area contributed by atoms with Gasteiger partial charge in [-0.1, -0.05) is 18.2 Å². The predicted molar refractivity (Wildman–Crippen MR) is 112 cm³/mol. The number of allylic oxidation sites excluding steroid dienone is 1. The summed E-state index contributed by atoms with van der Waals surface area (Å²) in [5.41, 5.74) is 0.473. The van der Waals surface area contributed by atoms with E-state index in [0.717, 1.165) is 9.56 Å². The van der Waals surface area contributed by atoms with Gasteiger partial charge in [-0.25, -0.2) is 0 Å². The number of benzene rings is 1. The van der Waals surface area contributed by atoms with Gasteiger partial charge in [0.05, 0.1) is 17.7 Å². The molecule has 0 spiro atoms. The summed E-state index contributed by atoms with van der Waals surface area (Å²) in [6.45, 7) is 0.482. The van der Waals surface area contributed by atoms with E-state index in [2.05, 4.69) is 15.4 Å². The number of rotatable bonds is 7. The van der Waals surface area contributed by atoms with Crippen LogP contribution in [0.1, 0.15) is 15.2 Å². The molecule has 30 heavy (non-hydrogen) atoms. The van der Waals surface area contributed by atoms with Crippen molar-refractivity contribution in [3.8, 4) is 11.6 Å². The van der Waals surface area contributed by atoms with Gasteiger partial charge >= 0.3 is 0 Å². The second-order valence-electron chi connectivity index (χ2n) is 6.10. The summed E-state index contributed by atoms with van der Waals surface area (Å²) in [5, 5.41) is 20.2. The van der Waals surface area contributed by atoms with Crippen LogP contribution in [-0.2, 0) is 6.54 Å². The van der Waals surface area contributed by atoms with Gasteiger partial charge in [0, 0.05) is 23.1 Å². The molecule has 9 nitrogen and oxygen atoms in total. The largest absolute Gasteiger partial charge is 0.461 e. The second-order valence-corrected chi connectivity index (χ2v) is 7.14. The van der Waals surface area contributed by atoms with Crippen LogP contribution in [0.3, 0.4) is 0 Å². The zero-order valence-corrected chi connectivity index (χ0v) is 16.3. The molecule has 0 atom stereocenters. The summed E-state index contributed by atoms with van der Waals surface area (Å²) < 4.78 is 6.46. The van der Waals surface area contributed by atoms with E-state index in [0.29, 0.717) is 17.9 Å². The lowest BCUT2D eigenvalue weighted by Crippen LogP contribution is -2.14. The number of hydrogen-bond acceptors (Lipinski definition) is 8. The highest BCUT2D eigenvalue weighted by atomic mass is 32.1. The minimum Gasteiger partial charge on any atom is -0.461 e. The highest BCUT2D eigenvalue weighted by molar-refractivity contribution is 7.09. The van der Waals surface area contributed by atoms with E-state index >= 15 is 0 Å². The molecule has 1 N–H and O–H groups in total. The Labute approximate surface area is 174 Å². The molecule has 0 aliphatic carbocycles. The Bertz CT molecular complexity index is 1200. The molecule has 150 valence electrons. The van der Waals surface area contributed by atoms with E-state index in [1.807, 2.05) is 17.5 Å². The van der Waals surface area contributed by atoms with Crippen LogP contribution in [0.2, 0.25) is 0 Å². The van der Waals surface area contributed by atoms with Gasteiger partial charge in [0.15, 0.2) is 5.76 Å². The first-order valence-corrected chi connectivity index (χ1v) is 9.72. The van der Waals surface area contributed by atoms with E-state index in [4.69, 9.17) is 4.42 Å². The van der Waals surface area contributed by atoms with Crippen molar-refractivity contribution >= 4 is 35.0 Å². The Hall–Kier alpha value is -4.05. The van der Waals surface area contributed by atoms with Crippen LogP contribution in [0.4, 0.5) is 11.6 Å². The van der Waals surface area contributed by atoms with E-state index in [9.17, 15) is 14.9 Å². The van der Waals surface area contributed by atoms with Crippen molar-refractivity contribution in [2.24, 2.45) is 0 Å². The third-order valence-corrected chi connectivity index (χ3v) is 4.93. The van der Waals surface area contributed by atoms with Crippen molar-refractivity contribution in [1.82, 2.24) is 14.8 Å². The number of aromatic nitrogens is 3. The van der Waals surface area contributed by atoms with Gasteiger partial charge in [-0.15, -0.1) is 16.4 Å². The molecule has 0 aliphatic heterocycles. The summed E-state index contributed by atoms with van der Waals surface area (Å²) in [6.07, 6.45) is 4.28. The number of nitro groups is 1. The maximum Gasteiger partial charge on any atom is 0.274 e. The number of carbonyl (C=O) groups excluding carboxylic acids is 1. The molecule has 0 saturated heterocycles. The van der Waals surface area contributed by atoms with Gasteiger partial charge in [0.25, 0.3) is 11.6 Å². The molecule has 3 heterocycles. The first-order chi connectivity index (χ1) is 14.6. The molecule has 1 aromatic carbocycles. The lowest BCUT2D eigenvalue weighted by molar-refractivity contribution is -0.384. The number of thiophene rings is 1. The SMILES string of the molecule is O=C(C=Cc1cccc([N+](=O)[O-])c1)n1nc(-c2ccco2)nc1NCc1cccs1. The summed E-state index contributed by atoms with van der Waals surface area (Å²) in [5.74, 6) is 0.512. The van der Waals surface area contributed by atoms with Crippen LogP contribution in [0, 0.1) is 10.1 Å². The van der Waals surface area contributed by atoms with Gasteiger partial charge in [0.1, 0.15) is 0 Å². The zero-order valence-electron chi connectivity index (χ0n) is 15.5. The van der Waals surface area contributed by atoms with Gasteiger partial charge < -0.3 is 9.73 Å². The van der Waals surface area contributed by atoms with Crippen LogP contribution in [-0.4, -0.2) is 25.6 Å². The number of nitro benzene ring substituents is 1. The Morgan fingerprint density at radius 1 is 1.27 bits per heavy atom. The fourth-order valence-corrected chi connectivity index (χ4v) is 3.29. The molecule has 4 aromatic rings. The van der Waals surface area contributed by atoms with Crippen molar-refractivity contribution in [1.29, 1.82) is 0 Å². The van der Waals surface area contributed by atoms with Gasteiger partial charge in [-0.3, -0.25) is 14.9 Å². The first kappa shape index (κ1) is 19.3. The minimum absolute atomic E-state index is 0.0521. The maximum atomic E-state index is 12.8. The standard InChI is InChI=1S/C20H15N5O4S/c26-18(9-8-14-4-1-5-15(12-14)25(27)28)24-20(21-13-16-6-3-11-30-16)22-19(23-24)17-7-2-10-29-17/h1-12H,13H2,(H,21,22,23). The van der Waals surface area contributed by atoms with E-state index < -0.39 is 10.8 Å². The highest BCUT2D eigenvalue weighted by Crippen LogP contribution is 2.20. The van der Waals surface area contributed by atoms with E-state index in [-0.39, 0.29) is 17.5 Å². The molecule has 4 rings (SSSR count). The Kier molecular flexibility index (Phi) is 5.48. The number of carbonyl (C=O) groups is 1. The quantitative estimate of drug-likeness (QED) is 0.266. The topological polar surface area (TPSA) is 116 Å². The summed E-state index contributed by atoms with van der Waals surface area (Å²) in [4.78, 5) is 28.7. The van der Waals surface area contributed by atoms with E-state index in [1.165, 1.54) is 30.5 Å². The molecule has 0 aliphatic rings. The number of furan rings is 1. The second kappa shape index (κ2) is 8.53. The minimum atomic E-state index is -0.487. The van der Waals surface area contributed by atoms with Crippen LogP contribution in [0.5, 0.6) is 0 Å². The number of nitrogens with zero attached hydrogens (tertiary/aromatic N) is 4. The lowest BCUT2D eigenvalue weighted by atomic mass is 10.2. The molecule has 0 amide bonds. The van der Waals surface area contributed by atoms with Crippen molar-refractivity contribution in [3.63, 3.8) is 0 Å². The van der Waals surface area contributed by atoms with Crippen molar-refractivity contribution in [2.45, 2.75) is 6.54 Å². The third kappa shape index (κ3) is 4.33. The molecular weight excluding hydrogens is 406 g/mol. The number of hydrogen-bond donors (Lipinski definition) is 1. The molecule has 10 heteroatoms. The first-order valence-electron chi connectivity index (χ1n) is 8.84. The smallest absolute Gasteiger partial charge is 0.274 e.